The number of hydrogen-bond donors (Lipinski definition) is 3. The Hall–Kier alpha value is -3.35. The molecule has 0 saturated carbocycles. The number of carbonyl (C=O) groups excluding carboxylic acids is 2. The molecule has 2 aromatic rings. The van der Waals surface area contributed by atoms with Gasteiger partial charge in [-0.1, -0.05) is 19.1 Å². The van der Waals surface area contributed by atoms with E-state index in [0.717, 1.165) is 5.56 Å². The maximum atomic E-state index is 12.1. The third-order valence-electron chi connectivity index (χ3n) is 3.61. The first kappa shape index (κ1) is 18.0. The van der Waals surface area contributed by atoms with Gasteiger partial charge in [-0.3, -0.25) is 4.79 Å². The molecular weight excluding hydrogens is 320 g/mol. The largest absolute Gasteiger partial charge is 0.423 e. The second-order valence-electron chi connectivity index (χ2n) is 5.41. The van der Waals surface area contributed by atoms with Crippen LogP contribution < -0.4 is 21.9 Å². The second-order valence-corrected chi connectivity index (χ2v) is 5.41. The summed E-state index contributed by atoms with van der Waals surface area (Å²) in [6.07, 6.45) is 0.608. The van der Waals surface area contributed by atoms with Crippen molar-refractivity contribution >= 4 is 23.5 Å². The number of hydrogen-bond acceptors (Lipinski definition) is 4. The highest BCUT2D eigenvalue weighted by molar-refractivity contribution is 5.91. The van der Waals surface area contributed by atoms with Gasteiger partial charge in [-0.2, -0.15) is 0 Å². The molecule has 2 rings (SSSR count). The summed E-state index contributed by atoms with van der Waals surface area (Å²) < 4.78 is 5.31. The van der Waals surface area contributed by atoms with Gasteiger partial charge in [-0.25, -0.2) is 9.79 Å². The van der Waals surface area contributed by atoms with Crippen molar-refractivity contribution in [3.8, 4) is 5.75 Å². The molecule has 1 unspecified atom stereocenters. The van der Waals surface area contributed by atoms with Gasteiger partial charge >= 0.3 is 5.97 Å². The van der Waals surface area contributed by atoms with E-state index in [9.17, 15) is 9.59 Å². The number of esters is 1. The van der Waals surface area contributed by atoms with Crippen LogP contribution in [0.1, 0.15) is 35.2 Å². The fourth-order valence-corrected chi connectivity index (χ4v) is 2.36. The average molecular weight is 340 g/mol. The molecule has 2 aromatic carbocycles. The van der Waals surface area contributed by atoms with Crippen molar-refractivity contribution in [2.24, 2.45) is 22.2 Å². The molecule has 0 spiro atoms. The van der Waals surface area contributed by atoms with Crippen LogP contribution in [0.3, 0.4) is 0 Å². The Morgan fingerprint density at radius 3 is 2.08 bits per heavy atom. The second kappa shape index (κ2) is 7.96. The lowest BCUT2D eigenvalue weighted by molar-refractivity contribution is -0.119. The molecule has 0 aliphatic rings. The quantitative estimate of drug-likeness (QED) is 0.319. The van der Waals surface area contributed by atoms with Gasteiger partial charge in [0.1, 0.15) is 5.75 Å². The predicted molar refractivity (Wildman–Crippen MR) is 95.5 cm³/mol. The molecule has 7 heteroatoms. The molecule has 0 bridgehead atoms. The summed E-state index contributed by atoms with van der Waals surface area (Å²) in [6, 6.07) is 13.1. The Labute approximate surface area is 145 Å². The monoisotopic (exact) mass is 340 g/mol. The smallest absolute Gasteiger partial charge is 0.343 e. The molecule has 25 heavy (non-hydrogen) atoms. The third-order valence-corrected chi connectivity index (χ3v) is 3.61. The number of amides is 1. The summed E-state index contributed by atoms with van der Waals surface area (Å²) in [4.78, 5) is 27.4. The highest BCUT2D eigenvalue weighted by Gasteiger charge is 2.16. The molecule has 0 aromatic heterocycles. The molecule has 0 saturated heterocycles. The van der Waals surface area contributed by atoms with E-state index >= 15 is 0 Å². The van der Waals surface area contributed by atoms with Crippen molar-refractivity contribution in [3.63, 3.8) is 0 Å². The normalized spacial score (nSPS) is 11.4. The van der Waals surface area contributed by atoms with Crippen LogP contribution in [0.4, 0.5) is 5.69 Å². The lowest BCUT2D eigenvalue weighted by Crippen LogP contribution is -2.21. The van der Waals surface area contributed by atoms with E-state index in [1.54, 1.807) is 48.5 Å². The molecule has 0 heterocycles. The number of nitrogens with zero attached hydrogens (tertiary/aromatic N) is 1. The molecule has 6 N–H and O–H groups in total. The molecule has 7 nitrogen and oxygen atoms in total. The SMILES string of the molecule is CCC(C(N)=O)c1ccc(OC(=O)c2ccc(N=C(N)N)cc2)cc1. The summed E-state index contributed by atoms with van der Waals surface area (Å²) in [7, 11) is 0. The minimum absolute atomic E-state index is 0.0586. The molecule has 0 fully saturated rings. The minimum Gasteiger partial charge on any atom is -0.423 e. The number of aliphatic imine (C=N–C) groups is 1. The standard InChI is InChI=1S/C18H20N4O3/c1-2-15(16(19)23)11-5-9-14(10-6-11)25-17(24)12-3-7-13(8-4-12)22-18(20)21/h3-10,15H,2H2,1H3,(H2,19,23)(H4,20,21,22). The van der Waals surface area contributed by atoms with Gasteiger partial charge in [0, 0.05) is 0 Å². The van der Waals surface area contributed by atoms with Crippen molar-refractivity contribution in [3.05, 3.63) is 59.7 Å². The van der Waals surface area contributed by atoms with Gasteiger partial charge in [0.25, 0.3) is 0 Å². The summed E-state index contributed by atoms with van der Waals surface area (Å²) in [6.45, 7) is 1.88. The number of benzene rings is 2. The van der Waals surface area contributed by atoms with Gasteiger partial charge in [0.15, 0.2) is 5.96 Å². The molecule has 0 aliphatic heterocycles. The Bertz CT molecular complexity index is 779. The van der Waals surface area contributed by atoms with Crippen LogP contribution in [0.5, 0.6) is 5.75 Å². The predicted octanol–water partition coefficient (Wildman–Crippen LogP) is 1.79. The van der Waals surface area contributed by atoms with Crippen molar-refractivity contribution < 1.29 is 14.3 Å². The molecular formula is C18H20N4O3. The first-order valence-corrected chi connectivity index (χ1v) is 7.72. The Balaban J connectivity index is 2.07. The highest BCUT2D eigenvalue weighted by atomic mass is 16.5. The van der Waals surface area contributed by atoms with Crippen molar-refractivity contribution in [2.45, 2.75) is 19.3 Å². The molecule has 0 aliphatic carbocycles. The van der Waals surface area contributed by atoms with Gasteiger partial charge in [-0.15, -0.1) is 0 Å². The lowest BCUT2D eigenvalue weighted by Gasteiger charge is -2.12. The zero-order chi connectivity index (χ0) is 18.4. The molecule has 1 amide bonds. The van der Waals surface area contributed by atoms with Crippen molar-refractivity contribution in [2.75, 3.05) is 0 Å². The van der Waals surface area contributed by atoms with Crippen LogP contribution in [0, 0.1) is 0 Å². The molecule has 130 valence electrons. The fourth-order valence-electron chi connectivity index (χ4n) is 2.36. The summed E-state index contributed by atoms with van der Waals surface area (Å²) in [5.74, 6) is -0.926. The maximum Gasteiger partial charge on any atom is 0.343 e. The van der Waals surface area contributed by atoms with E-state index in [2.05, 4.69) is 4.99 Å². The van der Waals surface area contributed by atoms with E-state index in [-0.39, 0.29) is 17.8 Å². The zero-order valence-corrected chi connectivity index (χ0v) is 13.8. The third kappa shape index (κ3) is 4.81. The van der Waals surface area contributed by atoms with E-state index < -0.39 is 5.97 Å². The summed E-state index contributed by atoms with van der Waals surface area (Å²) >= 11 is 0. The highest BCUT2D eigenvalue weighted by Crippen LogP contribution is 2.23. The number of guanidine groups is 1. The minimum atomic E-state index is -0.508. The summed E-state index contributed by atoms with van der Waals surface area (Å²) in [5.41, 5.74) is 17.6. The number of nitrogens with two attached hydrogens (primary N) is 3. The Morgan fingerprint density at radius 1 is 1.00 bits per heavy atom. The van der Waals surface area contributed by atoms with Crippen LogP contribution >= 0.6 is 0 Å². The number of ether oxygens (including phenoxy) is 1. The lowest BCUT2D eigenvalue weighted by atomic mass is 9.96. The zero-order valence-electron chi connectivity index (χ0n) is 13.8. The average Bonchev–Trinajstić information content (AvgIpc) is 2.57. The molecule has 0 radical (unpaired) electrons. The van der Waals surface area contributed by atoms with E-state index in [1.807, 2.05) is 6.92 Å². The van der Waals surface area contributed by atoms with Crippen LogP contribution in [0.2, 0.25) is 0 Å². The van der Waals surface area contributed by atoms with Crippen molar-refractivity contribution in [1.29, 1.82) is 0 Å². The van der Waals surface area contributed by atoms with Crippen LogP contribution in [0.25, 0.3) is 0 Å². The fraction of sp³-hybridized carbons (Fsp3) is 0.167. The Kier molecular flexibility index (Phi) is 5.73. The first-order chi connectivity index (χ1) is 11.9. The number of primary amides is 1. The van der Waals surface area contributed by atoms with E-state index in [1.165, 1.54) is 0 Å². The number of rotatable bonds is 6. The maximum absolute atomic E-state index is 12.1. The van der Waals surface area contributed by atoms with Crippen molar-refractivity contribution in [1.82, 2.24) is 0 Å². The van der Waals surface area contributed by atoms with Crippen LogP contribution in [0.15, 0.2) is 53.5 Å². The van der Waals surface area contributed by atoms with E-state index in [4.69, 9.17) is 21.9 Å². The van der Waals surface area contributed by atoms with Gasteiger partial charge in [0.2, 0.25) is 5.91 Å². The van der Waals surface area contributed by atoms with Gasteiger partial charge in [-0.05, 0) is 48.4 Å². The van der Waals surface area contributed by atoms with Crippen LogP contribution in [-0.4, -0.2) is 17.8 Å². The summed E-state index contributed by atoms with van der Waals surface area (Å²) in [5, 5.41) is 0. The van der Waals surface area contributed by atoms with Gasteiger partial charge in [0.05, 0.1) is 17.2 Å². The first-order valence-electron chi connectivity index (χ1n) is 7.72. The van der Waals surface area contributed by atoms with Gasteiger partial charge < -0.3 is 21.9 Å². The van der Waals surface area contributed by atoms with E-state index in [0.29, 0.717) is 23.4 Å². The number of carbonyl (C=O) groups is 2. The topological polar surface area (TPSA) is 134 Å². The Morgan fingerprint density at radius 2 is 1.60 bits per heavy atom. The molecule has 1 atom stereocenters. The van der Waals surface area contributed by atoms with Crippen LogP contribution in [-0.2, 0) is 4.79 Å².